The van der Waals surface area contributed by atoms with E-state index in [1.54, 1.807) is 30.1 Å². The highest BCUT2D eigenvalue weighted by atomic mass is 31.2. The highest BCUT2D eigenvalue weighted by molar-refractivity contribution is 7.44. The van der Waals surface area contributed by atoms with Crippen molar-refractivity contribution in [1.82, 2.24) is 29.3 Å². The normalized spacial score (nSPS) is 17.6. The van der Waals surface area contributed by atoms with Gasteiger partial charge in [0.25, 0.3) is 14.1 Å². The molecule has 0 saturated carbocycles. The first-order valence-electron chi connectivity index (χ1n) is 19.6. The van der Waals surface area contributed by atoms with Gasteiger partial charge >= 0.3 is 0 Å². The predicted molar refractivity (Wildman–Crippen MR) is 227 cm³/mol. The lowest BCUT2D eigenvalue weighted by molar-refractivity contribution is -0.0931. The minimum absolute atomic E-state index is 0.0600. The van der Waals surface area contributed by atoms with Gasteiger partial charge < -0.3 is 32.9 Å². The van der Waals surface area contributed by atoms with E-state index < -0.39 is 32.6 Å². The molecule has 6 rings (SSSR count). The van der Waals surface area contributed by atoms with Gasteiger partial charge in [-0.2, -0.15) is 15.3 Å². The van der Waals surface area contributed by atoms with E-state index in [-0.39, 0.29) is 43.2 Å². The average molecular weight is 825 g/mol. The number of aliphatic imine (C=N–C) groups is 1. The standard InChI is InChI=1S/C43H53N8O7P/c1-29(2)51(30(3)4)59(56-24-12-23-44)58-37-25-39(50-40-36(26-46-50)41(52)48-42(47-40)45-28-49(5)6)57-38(37)27-55-43(31-13-10-9-11-14-31,32-15-19-34(53-7)20-16-32)33-17-21-35(54-8)22-18-33/h9-11,13-22,26,28-30,37-39H,12,24-25,27H2,1-8H3,(H,47,48,52)/b45-28+. The molecular weight excluding hydrogens is 771 g/mol. The van der Waals surface area contributed by atoms with E-state index in [4.69, 9.17) is 28.0 Å². The van der Waals surface area contributed by atoms with Crippen molar-refractivity contribution >= 4 is 31.8 Å². The van der Waals surface area contributed by atoms with Crippen LogP contribution in [0.25, 0.3) is 11.0 Å². The maximum atomic E-state index is 13.2. The summed E-state index contributed by atoms with van der Waals surface area (Å²) in [7, 11) is 5.26. The van der Waals surface area contributed by atoms with Gasteiger partial charge in [0.15, 0.2) is 11.9 Å². The summed E-state index contributed by atoms with van der Waals surface area (Å²) in [4.78, 5) is 26.7. The minimum atomic E-state index is -1.67. The summed E-state index contributed by atoms with van der Waals surface area (Å²) in [5, 5.41) is 14.3. The second-order valence-electron chi connectivity index (χ2n) is 14.8. The van der Waals surface area contributed by atoms with E-state index in [0.717, 1.165) is 16.7 Å². The van der Waals surface area contributed by atoms with Crippen LogP contribution in [0.3, 0.4) is 0 Å². The lowest BCUT2D eigenvalue weighted by Crippen LogP contribution is -2.39. The number of hydrogen-bond donors (Lipinski definition) is 1. The van der Waals surface area contributed by atoms with Crippen LogP contribution in [0.2, 0.25) is 0 Å². The minimum Gasteiger partial charge on any atom is -0.497 e. The fourth-order valence-electron chi connectivity index (χ4n) is 7.17. The first kappa shape index (κ1) is 43.4. The zero-order valence-corrected chi connectivity index (χ0v) is 35.7. The van der Waals surface area contributed by atoms with Gasteiger partial charge in [-0.1, -0.05) is 54.6 Å². The van der Waals surface area contributed by atoms with Crippen molar-refractivity contribution in [3.63, 3.8) is 0 Å². The van der Waals surface area contributed by atoms with E-state index in [9.17, 15) is 10.1 Å². The molecule has 4 unspecified atom stereocenters. The van der Waals surface area contributed by atoms with Crippen molar-refractivity contribution in [3.05, 3.63) is 112 Å². The zero-order chi connectivity index (χ0) is 42.1. The number of aromatic amines is 1. The van der Waals surface area contributed by atoms with E-state index in [0.29, 0.717) is 29.0 Å². The Kier molecular flexibility index (Phi) is 14.5. The number of nitrogens with zero attached hydrogens (tertiary/aromatic N) is 7. The molecule has 5 aromatic rings. The number of fused-ring (bicyclic) bond motifs is 1. The van der Waals surface area contributed by atoms with E-state index >= 15 is 0 Å². The third-order valence-electron chi connectivity index (χ3n) is 9.84. The molecule has 312 valence electrons. The van der Waals surface area contributed by atoms with Gasteiger partial charge in [-0.15, -0.1) is 0 Å². The Labute approximate surface area is 346 Å². The molecule has 0 radical (unpaired) electrons. The van der Waals surface area contributed by atoms with Crippen molar-refractivity contribution < 1.29 is 28.0 Å². The SMILES string of the molecule is COc1ccc(C(OCC2OC(n3ncc4c(=O)[nH]c(/N=C/N(C)C)nc43)CC2OP(OCCC#N)N(C(C)C)C(C)C)(c2ccccc2)c2ccc(OC)cc2)cc1. The molecule has 2 aromatic heterocycles. The second-order valence-corrected chi connectivity index (χ2v) is 16.2. The summed E-state index contributed by atoms with van der Waals surface area (Å²) in [6, 6.07) is 28.0. The lowest BCUT2D eigenvalue weighted by Gasteiger charge is -2.39. The first-order valence-corrected chi connectivity index (χ1v) is 20.7. The van der Waals surface area contributed by atoms with Gasteiger partial charge in [-0.05, 0) is 68.7 Å². The maximum absolute atomic E-state index is 13.2. The summed E-state index contributed by atoms with van der Waals surface area (Å²) in [5.41, 5.74) is 1.43. The average Bonchev–Trinajstić information content (AvgIpc) is 3.85. The Bertz CT molecular complexity index is 2190. The van der Waals surface area contributed by atoms with Crippen LogP contribution in [-0.2, 0) is 24.1 Å². The Hall–Kier alpha value is -5.20. The number of ether oxygens (including phenoxy) is 4. The van der Waals surface area contributed by atoms with Crippen LogP contribution in [0.5, 0.6) is 11.5 Å². The van der Waals surface area contributed by atoms with E-state index in [1.165, 1.54) is 6.20 Å². The van der Waals surface area contributed by atoms with Gasteiger partial charge in [0.1, 0.15) is 28.6 Å². The van der Waals surface area contributed by atoms with Gasteiger partial charge in [0.2, 0.25) is 5.95 Å². The summed E-state index contributed by atoms with van der Waals surface area (Å²) in [6.07, 6.45) is 1.62. The van der Waals surface area contributed by atoms with Crippen molar-refractivity contribution in [2.75, 3.05) is 41.5 Å². The molecule has 1 aliphatic rings. The van der Waals surface area contributed by atoms with Crippen molar-refractivity contribution in [2.45, 2.75) is 76.7 Å². The number of H-pyrrole nitrogens is 1. The van der Waals surface area contributed by atoms with E-state index in [2.05, 4.69) is 58.5 Å². The molecule has 1 saturated heterocycles. The highest BCUT2D eigenvalue weighted by Gasteiger charge is 2.45. The number of aromatic nitrogens is 4. The third kappa shape index (κ3) is 9.82. The molecule has 0 spiro atoms. The molecule has 1 aliphatic heterocycles. The molecule has 15 nitrogen and oxygen atoms in total. The third-order valence-corrected chi connectivity index (χ3v) is 12.0. The fraction of sp³-hybridized carbons (Fsp3) is 0.419. The molecule has 0 aliphatic carbocycles. The summed E-state index contributed by atoms with van der Waals surface area (Å²) in [5.74, 6) is 1.55. The molecule has 0 amide bonds. The quantitative estimate of drug-likeness (QED) is 0.0291. The second kappa shape index (κ2) is 19.7. The van der Waals surface area contributed by atoms with Crippen LogP contribution in [0.4, 0.5) is 5.95 Å². The molecule has 3 aromatic carbocycles. The number of methoxy groups -OCH3 is 2. The van der Waals surface area contributed by atoms with Crippen molar-refractivity contribution in [1.29, 1.82) is 5.26 Å². The van der Waals surface area contributed by atoms with Crippen LogP contribution in [0.1, 0.15) is 63.5 Å². The topological polar surface area (TPSA) is 162 Å². The monoisotopic (exact) mass is 824 g/mol. The van der Waals surface area contributed by atoms with Crippen LogP contribution in [0.15, 0.2) is 94.8 Å². The Morgan fingerprint density at radius 3 is 2.15 bits per heavy atom. The van der Waals surface area contributed by atoms with Crippen LogP contribution in [0, 0.1) is 11.3 Å². The summed E-state index contributed by atoms with van der Waals surface area (Å²) >= 11 is 0. The number of nitriles is 1. The number of rotatable bonds is 19. The summed E-state index contributed by atoms with van der Waals surface area (Å²) < 4.78 is 42.5. The number of hydrogen-bond acceptors (Lipinski definition) is 12. The van der Waals surface area contributed by atoms with Gasteiger partial charge in [-0.25, -0.2) is 14.3 Å². The Morgan fingerprint density at radius 2 is 1.59 bits per heavy atom. The largest absolute Gasteiger partial charge is 0.497 e. The predicted octanol–water partition coefficient (Wildman–Crippen LogP) is 7.32. The van der Waals surface area contributed by atoms with E-state index in [1.807, 2.05) is 93.0 Å². The molecule has 3 heterocycles. The first-order chi connectivity index (χ1) is 28.5. The van der Waals surface area contributed by atoms with Crippen molar-refractivity contribution in [2.24, 2.45) is 4.99 Å². The van der Waals surface area contributed by atoms with Crippen molar-refractivity contribution in [3.8, 4) is 17.6 Å². The van der Waals surface area contributed by atoms with Crippen LogP contribution < -0.4 is 15.0 Å². The van der Waals surface area contributed by atoms with Crippen LogP contribution in [-0.4, -0.2) is 101 Å². The zero-order valence-electron chi connectivity index (χ0n) is 34.8. The molecular formula is C43H53N8O7P. The van der Waals surface area contributed by atoms with Crippen LogP contribution >= 0.6 is 8.53 Å². The molecule has 16 heteroatoms. The Balaban J connectivity index is 1.45. The maximum Gasteiger partial charge on any atom is 0.263 e. The number of nitrogens with one attached hydrogen (secondary N) is 1. The molecule has 59 heavy (non-hydrogen) atoms. The molecule has 4 atom stereocenters. The fourth-order valence-corrected chi connectivity index (χ4v) is 8.93. The summed E-state index contributed by atoms with van der Waals surface area (Å²) in [6.45, 7) is 8.63. The molecule has 1 N–H and O–H groups in total. The lowest BCUT2D eigenvalue weighted by atomic mass is 9.80. The smallest absolute Gasteiger partial charge is 0.263 e. The Morgan fingerprint density at radius 1 is 0.983 bits per heavy atom. The number of benzene rings is 3. The molecule has 0 bridgehead atoms. The highest BCUT2D eigenvalue weighted by Crippen LogP contribution is 2.51. The van der Waals surface area contributed by atoms with Gasteiger partial charge in [0.05, 0.1) is 58.6 Å². The van der Waals surface area contributed by atoms with Gasteiger partial charge in [-0.3, -0.25) is 9.78 Å². The molecule has 1 fully saturated rings. The van der Waals surface area contributed by atoms with Gasteiger partial charge in [0, 0.05) is 32.6 Å².